The number of nitrogens with one attached hydrogen (secondary N) is 1. The summed E-state index contributed by atoms with van der Waals surface area (Å²) in [5.74, 6) is -0.653. The molecule has 0 aliphatic heterocycles. The van der Waals surface area contributed by atoms with Crippen LogP contribution in [0.5, 0.6) is 5.75 Å². The Kier molecular flexibility index (Phi) is 10.3. The van der Waals surface area contributed by atoms with E-state index in [9.17, 15) is 28.4 Å². The van der Waals surface area contributed by atoms with Crippen LogP contribution >= 0.6 is 0 Å². The fourth-order valence-electron chi connectivity index (χ4n) is 3.03. The Morgan fingerprint density at radius 3 is 2.53 bits per heavy atom. The normalized spacial score (nSPS) is 13.7. The number of sulfonamides is 1. The summed E-state index contributed by atoms with van der Waals surface area (Å²) in [6.07, 6.45) is 0.630. The average Bonchev–Trinajstić information content (AvgIpc) is 2.70. The topological polar surface area (TPSA) is 172 Å². The van der Waals surface area contributed by atoms with Crippen LogP contribution in [0.4, 0.5) is 10.5 Å². The van der Waals surface area contributed by atoms with Crippen molar-refractivity contribution >= 4 is 28.1 Å². The summed E-state index contributed by atoms with van der Waals surface area (Å²) < 4.78 is 34.1. The molecule has 0 bridgehead atoms. The highest BCUT2D eigenvalue weighted by molar-refractivity contribution is 7.90. The zero-order valence-electron chi connectivity index (χ0n) is 18.5. The minimum absolute atomic E-state index is 0.00449. The second kappa shape index (κ2) is 12.2. The van der Waals surface area contributed by atoms with Crippen LogP contribution in [0.2, 0.25) is 0 Å². The van der Waals surface area contributed by atoms with Gasteiger partial charge in [-0.3, -0.25) is 10.1 Å². The summed E-state index contributed by atoms with van der Waals surface area (Å²) in [7, 11) is -0.978. The molecule has 1 rings (SSSR count). The van der Waals surface area contributed by atoms with Crippen molar-refractivity contribution in [1.29, 1.82) is 0 Å². The lowest BCUT2D eigenvalue weighted by molar-refractivity contribution is -0.385. The molecule has 0 aliphatic carbocycles. The van der Waals surface area contributed by atoms with E-state index in [4.69, 9.17) is 9.84 Å². The van der Waals surface area contributed by atoms with Crippen LogP contribution in [0, 0.1) is 22.0 Å². The number of benzene rings is 1. The van der Waals surface area contributed by atoms with Gasteiger partial charge in [0.1, 0.15) is 17.0 Å². The van der Waals surface area contributed by atoms with Crippen molar-refractivity contribution in [1.82, 2.24) is 10.2 Å². The zero-order chi connectivity index (χ0) is 24.5. The van der Waals surface area contributed by atoms with Gasteiger partial charge in [-0.15, -0.1) is 4.40 Å². The Morgan fingerprint density at radius 2 is 2.03 bits per heavy atom. The molecule has 0 saturated heterocycles. The van der Waals surface area contributed by atoms with Gasteiger partial charge in [0, 0.05) is 38.7 Å². The highest BCUT2D eigenvalue weighted by Crippen LogP contribution is 2.30. The van der Waals surface area contributed by atoms with E-state index in [1.165, 1.54) is 4.90 Å². The number of nitrogens with zero attached hydrogens (tertiary/aromatic N) is 3. The number of nitro benzene ring substituents is 1. The highest BCUT2D eigenvalue weighted by atomic mass is 32.2. The van der Waals surface area contributed by atoms with Crippen molar-refractivity contribution in [3.8, 4) is 5.75 Å². The number of rotatable bonds is 13. The van der Waals surface area contributed by atoms with Crippen LogP contribution in [-0.2, 0) is 10.0 Å². The van der Waals surface area contributed by atoms with Crippen LogP contribution in [0.1, 0.15) is 26.7 Å². The molecule has 13 heteroatoms. The van der Waals surface area contributed by atoms with Crippen molar-refractivity contribution in [2.45, 2.75) is 37.6 Å². The lowest BCUT2D eigenvalue weighted by atomic mass is 9.88. The first-order chi connectivity index (χ1) is 14.9. The van der Waals surface area contributed by atoms with E-state index in [-0.39, 0.29) is 41.4 Å². The van der Waals surface area contributed by atoms with E-state index in [0.29, 0.717) is 12.8 Å². The molecule has 2 atom stereocenters. The monoisotopic (exact) mass is 474 g/mol. The minimum Gasteiger partial charge on any atom is -0.492 e. The Morgan fingerprint density at radius 1 is 1.38 bits per heavy atom. The summed E-state index contributed by atoms with van der Waals surface area (Å²) in [5, 5.41) is 32.2. The summed E-state index contributed by atoms with van der Waals surface area (Å²) in [6.45, 7) is 3.40. The smallest absolute Gasteiger partial charge is 0.404 e. The molecule has 2 unspecified atom stereocenters. The van der Waals surface area contributed by atoms with Gasteiger partial charge in [-0.05, 0) is 24.8 Å². The molecular formula is C19H30N4O8S. The maximum Gasteiger partial charge on any atom is 0.404 e. The quantitative estimate of drug-likeness (QED) is 0.127. The molecule has 0 fully saturated rings. The van der Waals surface area contributed by atoms with Gasteiger partial charge in [0.2, 0.25) is 0 Å². The van der Waals surface area contributed by atoms with Crippen molar-refractivity contribution in [3.63, 3.8) is 0 Å². The molecule has 1 aromatic rings. The molecular weight excluding hydrogens is 444 g/mol. The largest absolute Gasteiger partial charge is 0.492 e. The highest BCUT2D eigenvalue weighted by Gasteiger charge is 2.26. The molecule has 1 amide bonds. The zero-order valence-corrected chi connectivity index (χ0v) is 19.3. The first-order valence-corrected chi connectivity index (χ1v) is 11.3. The number of hydrogen-bond donors (Lipinski definition) is 3. The molecule has 0 aromatic heterocycles. The number of nitro groups is 1. The third-order valence-electron chi connectivity index (χ3n) is 4.56. The van der Waals surface area contributed by atoms with Crippen LogP contribution in [-0.4, -0.2) is 74.2 Å². The van der Waals surface area contributed by atoms with Gasteiger partial charge < -0.3 is 25.2 Å². The average molecular weight is 475 g/mol. The predicted octanol–water partition coefficient (Wildman–Crippen LogP) is 1.93. The molecule has 0 radical (unpaired) electrons. The number of carboxylic acid groups (broad SMARTS) is 1. The molecule has 0 saturated carbocycles. The maximum atomic E-state index is 12.5. The van der Waals surface area contributed by atoms with E-state index in [1.807, 2.05) is 13.8 Å². The van der Waals surface area contributed by atoms with Crippen molar-refractivity contribution < 1.29 is 33.1 Å². The van der Waals surface area contributed by atoms with Crippen LogP contribution in [0.3, 0.4) is 0 Å². The molecule has 1 aromatic carbocycles. The lowest BCUT2D eigenvalue weighted by Crippen LogP contribution is -2.44. The lowest BCUT2D eigenvalue weighted by Gasteiger charge is -2.28. The number of ether oxygens (including phenoxy) is 1. The predicted molar refractivity (Wildman–Crippen MR) is 118 cm³/mol. The molecule has 180 valence electrons. The number of aliphatic hydroxyl groups is 1. The van der Waals surface area contributed by atoms with Gasteiger partial charge >= 0.3 is 6.09 Å². The van der Waals surface area contributed by atoms with Crippen molar-refractivity contribution in [2.75, 3.05) is 27.3 Å². The Labute approximate surface area is 187 Å². The molecule has 0 spiro atoms. The molecule has 3 N–H and O–H groups in total. The van der Waals surface area contributed by atoms with E-state index in [2.05, 4.69) is 9.71 Å². The van der Waals surface area contributed by atoms with Gasteiger partial charge in [-0.2, -0.15) is 8.42 Å². The van der Waals surface area contributed by atoms with Gasteiger partial charge in [-0.25, -0.2) is 4.79 Å². The molecule has 0 heterocycles. The van der Waals surface area contributed by atoms with E-state index in [0.717, 1.165) is 24.5 Å². The van der Waals surface area contributed by atoms with Gasteiger partial charge in [0.05, 0.1) is 17.6 Å². The van der Waals surface area contributed by atoms with Gasteiger partial charge in [0.15, 0.2) is 0 Å². The summed E-state index contributed by atoms with van der Waals surface area (Å²) in [4.78, 5) is 22.6. The van der Waals surface area contributed by atoms with Gasteiger partial charge in [-0.1, -0.05) is 13.8 Å². The Hall–Kier alpha value is -2.93. The van der Waals surface area contributed by atoms with Gasteiger partial charge in [0.25, 0.3) is 15.7 Å². The van der Waals surface area contributed by atoms with E-state index >= 15 is 0 Å². The Balaban J connectivity index is 2.99. The first-order valence-electron chi connectivity index (χ1n) is 9.87. The summed E-state index contributed by atoms with van der Waals surface area (Å²) in [6, 6.07) is 2.66. The van der Waals surface area contributed by atoms with E-state index in [1.54, 1.807) is 14.1 Å². The van der Waals surface area contributed by atoms with E-state index < -0.39 is 27.1 Å². The number of aliphatic hydroxyl groups excluding tert-OH is 1. The number of non-ortho nitro benzene ring substituents is 1. The minimum atomic E-state index is -4.16. The number of hydrogen-bond acceptors (Lipinski definition) is 7. The van der Waals surface area contributed by atoms with Crippen molar-refractivity contribution in [2.24, 2.45) is 16.2 Å². The summed E-state index contributed by atoms with van der Waals surface area (Å²) >= 11 is 0. The van der Waals surface area contributed by atoms with Crippen LogP contribution in [0.15, 0.2) is 27.5 Å². The summed E-state index contributed by atoms with van der Waals surface area (Å²) in [5.41, 5.74) is -0.339. The fraction of sp³-hybridized carbons (Fsp3) is 0.579. The Bertz CT molecular complexity index is 918. The third-order valence-corrected chi connectivity index (χ3v) is 5.83. The van der Waals surface area contributed by atoms with Crippen molar-refractivity contribution in [3.05, 3.63) is 28.3 Å². The number of amides is 1. The second-order valence-electron chi connectivity index (χ2n) is 7.70. The first kappa shape index (κ1) is 27.1. The standard InChI is InChI=1S/C19H30N4O8S/c1-13(2)18(21-19(25)26)14(11-24)6-5-9-31-16-10-15(23(27)28)7-8-17(16)32(29,30)20-12-22(3)4/h7-8,10,12-14,18,21,24H,5-6,9,11H2,1-4H3,(H,25,26). The van der Waals surface area contributed by atoms with Crippen LogP contribution < -0.4 is 10.1 Å². The molecule has 0 aliphatic rings. The third kappa shape index (κ3) is 8.30. The SMILES string of the molecule is CC(C)C(NC(=O)O)C(CO)CCCOc1cc([N+](=O)[O-])ccc1S(=O)(=O)N=CN(C)C. The molecule has 12 nitrogen and oxygen atoms in total. The van der Waals surface area contributed by atoms with Crippen LogP contribution in [0.25, 0.3) is 0 Å². The molecule has 32 heavy (non-hydrogen) atoms. The second-order valence-corrected chi connectivity index (χ2v) is 9.30. The fourth-order valence-corrected chi connectivity index (χ4v) is 4.07. The maximum absolute atomic E-state index is 12.5. The number of carbonyl (C=O) groups is 1.